The van der Waals surface area contributed by atoms with Crippen molar-refractivity contribution in [1.82, 2.24) is 10.2 Å². The minimum absolute atomic E-state index is 0.0758. The molecule has 0 bridgehead atoms. The van der Waals surface area contributed by atoms with E-state index in [0.717, 1.165) is 12.2 Å². The number of carbonyl (C=O) groups is 1. The predicted molar refractivity (Wildman–Crippen MR) is 85.6 cm³/mol. The molecule has 1 fully saturated rings. The van der Waals surface area contributed by atoms with E-state index < -0.39 is 0 Å². The van der Waals surface area contributed by atoms with E-state index in [1.807, 2.05) is 12.1 Å². The van der Waals surface area contributed by atoms with Crippen LogP contribution in [0.2, 0.25) is 0 Å². The van der Waals surface area contributed by atoms with E-state index in [1.54, 1.807) is 6.92 Å². The molecule has 2 rings (SSSR count). The quantitative estimate of drug-likeness (QED) is 0.837. The van der Waals surface area contributed by atoms with Crippen LogP contribution in [0.25, 0.3) is 0 Å². The lowest BCUT2D eigenvalue weighted by atomic mass is 10.2. The Labute approximate surface area is 125 Å². The van der Waals surface area contributed by atoms with E-state index in [-0.39, 0.29) is 5.91 Å². The lowest BCUT2D eigenvalue weighted by Crippen LogP contribution is -2.33. The van der Waals surface area contributed by atoms with Gasteiger partial charge in [0.05, 0.1) is 0 Å². The number of thiocarbonyl (C=S) groups is 1. The Bertz CT molecular complexity index is 467. The molecule has 2 N–H and O–H groups in total. The zero-order valence-electron chi connectivity index (χ0n) is 11.8. The summed E-state index contributed by atoms with van der Waals surface area (Å²) in [7, 11) is 0. The second kappa shape index (κ2) is 7.36. The number of amides is 1. The highest BCUT2D eigenvalue weighted by Crippen LogP contribution is 2.15. The molecule has 0 aliphatic carbocycles. The highest BCUT2D eigenvalue weighted by atomic mass is 32.1. The van der Waals surface area contributed by atoms with Crippen molar-refractivity contribution in [2.75, 3.05) is 18.4 Å². The molecule has 4 nitrogen and oxygen atoms in total. The fourth-order valence-corrected chi connectivity index (χ4v) is 2.50. The molecule has 20 heavy (non-hydrogen) atoms. The zero-order chi connectivity index (χ0) is 14.4. The van der Waals surface area contributed by atoms with Gasteiger partial charge in [0.15, 0.2) is 5.11 Å². The normalized spacial score (nSPS) is 15.1. The molecule has 0 spiro atoms. The molecule has 1 saturated heterocycles. The molecular formula is C15H21N3OS. The second-order valence-electron chi connectivity index (χ2n) is 5.04. The van der Waals surface area contributed by atoms with Gasteiger partial charge < -0.3 is 10.6 Å². The summed E-state index contributed by atoms with van der Waals surface area (Å²) in [6, 6.07) is 8.20. The van der Waals surface area contributed by atoms with Crippen molar-refractivity contribution < 1.29 is 4.79 Å². The fraction of sp³-hybridized carbons (Fsp3) is 0.467. The predicted octanol–water partition coefficient (Wildman–Crippen LogP) is 2.51. The van der Waals surface area contributed by atoms with Crippen molar-refractivity contribution >= 4 is 28.9 Å². The Balaban J connectivity index is 1.84. The molecule has 0 atom stereocenters. The zero-order valence-corrected chi connectivity index (χ0v) is 12.6. The van der Waals surface area contributed by atoms with E-state index in [9.17, 15) is 4.79 Å². The van der Waals surface area contributed by atoms with Gasteiger partial charge in [-0.2, -0.15) is 0 Å². The minimum atomic E-state index is -0.0758. The van der Waals surface area contributed by atoms with Gasteiger partial charge in [-0.25, -0.2) is 0 Å². The molecule has 1 aromatic rings. The first-order valence-corrected chi connectivity index (χ1v) is 7.50. The van der Waals surface area contributed by atoms with Crippen LogP contribution < -0.4 is 10.6 Å². The van der Waals surface area contributed by atoms with Gasteiger partial charge in [-0.1, -0.05) is 19.1 Å². The van der Waals surface area contributed by atoms with E-state index in [2.05, 4.69) is 27.7 Å². The summed E-state index contributed by atoms with van der Waals surface area (Å²) in [5, 5.41) is 5.99. The van der Waals surface area contributed by atoms with Crippen LogP contribution in [0, 0.1) is 0 Å². The number of nitrogens with one attached hydrogen (secondary N) is 2. The van der Waals surface area contributed by atoms with Crippen LogP contribution in [0.4, 0.5) is 5.69 Å². The number of hydrogen-bond acceptors (Lipinski definition) is 3. The van der Waals surface area contributed by atoms with E-state index in [1.165, 1.54) is 31.5 Å². The third-order valence-corrected chi connectivity index (χ3v) is 3.59. The van der Waals surface area contributed by atoms with Gasteiger partial charge >= 0.3 is 0 Å². The summed E-state index contributed by atoms with van der Waals surface area (Å²) in [5.41, 5.74) is 2.21. The van der Waals surface area contributed by atoms with Crippen molar-refractivity contribution in [3.05, 3.63) is 29.8 Å². The average Bonchev–Trinajstić information content (AvgIpc) is 2.93. The van der Waals surface area contributed by atoms with E-state index >= 15 is 0 Å². The first-order chi connectivity index (χ1) is 9.67. The van der Waals surface area contributed by atoms with Crippen LogP contribution in [0.5, 0.6) is 0 Å². The Kier molecular flexibility index (Phi) is 5.49. The van der Waals surface area contributed by atoms with E-state index in [4.69, 9.17) is 12.2 Å². The lowest BCUT2D eigenvalue weighted by molar-refractivity contribution is -0.119. The van der Waals surface area contributed by atoms with Crippen LogP contribution in [0.3, 0.4) is 0 Å². The van der Waals surface area contributed by atoms with Crippen LogP contribution in [-0.4, -0.2) is 29.0 Å². The van der Waals surface area contributed by atoms with Gasteiger partial charge in [0, 0.05) is 18.7 Å². The van der Waals surface area contributed by atoms with Crippen molar-refractivity contribution in [3.8, 4) is 0 Å². The van der Waals surface area contributed by atoms with Gasteiger partial charge in [-0.15, -0.1) is 0 Å². The number of nitrogens with zero attached hydrogens (tertiary/aromatic N) is 1. The summed E-state index contributed by atoms with van der Waals surface area (Å²) < 4.78 is 0. The molecule has 1 heterocycles. The minimum Gasteiger partial charge on any atom is -0.332 e. The topological polar surface area (TPSA) is 44.4 Å². The summed E-state index contributed by atoms with van der Waals surface area (Å²) in [4.78, 5) is 13.7. The Morgan fingerprint density at radius 1 is 1.25 bits per heavy atom. The summed E-state index contributed by atoms with van der Waals surface area (Å²) in [6.07, 6.45) is 3.05. The highest BCUT2D eigenvalue weighted by molar-refractivity contribution is 7.80. The van der Waals surface area contributed by atoms with Crippen molar-refractivity contribution in [3.63, 3.8) is 0 Å². The third-order valence-electron chi connectivity index (χ3n) is 3.39. The third kappa shape index (κ3) is 4.58. The molecule has 1 amide bonds. The standard InChI is InChI=1S/C15H21N3OS/c1-2-14(19)17-15(20)16-13-7-5-12(6-8-13)11-18-9-3-4-10-18/h5-8H,2-4,9-11H2,1H3,(H2,16,17,19,20). The molecule has 0 unspecified atom stereocenters. The SMILES string of the molecule is CCC(=O)NC(=S)Nc1ccc(CN2CCCC2)cc1. The number of rotatable bonds is 4. The Hall–Kier alpha value is -1.46. The van der Waals surface area contributed by atoms with Crippen LogP contribution in [0.1, 0.15) is 31.7 Å². The molecule has 0 saturated carbocycles. The fourth-order valence-electron chi connectivity index (χ4n) is 2.27. The number of likely N-dealkylation sites (tertiary alicyclic amines) is 1. The van der Waals surface area contributed by atoms with E-state index in [0.29, 0.717) is 11.5 Å². The summed E-state index contributed by atoms with van der Waals surface area (Å²) in [6.45, 7) is 5.21. The molecule has 1 aliphatic rings. The summed E-state index contributed by atoms with van der Waals surface area (Å²) >= 11 is 5.08. The Morgan fingerprint density at radius 2 is 1.90 bits per heavy atom. The van der Waals surface area contributed by atoms with Crippen LogP contribution >= 0.6 is 12.2 Å². The van der Waals surface area contributed by atoms with Crippen LogP contribution in [-0.2, 0) is 11.3 Å². The number of anilines is 1. The average molecular weight is 291 g/mol. The largest absolute Gasteiger partial charge is 0.332 e. The molecular weight excluding hydrogens is 270 g/mol. The van der Waals surface area contributed by atoms with Gasteiger partial charge in [0.1, 0.15) is 0 Å². The Morgan fingerprint density at radius 3 is 2.50 bits per heavy atom. The molecule has 0 aromatic heterocycles. The molecule has 5 heteroatoms. The van der Waals surface area contributed by atoms with Crippen LogP contribution in [0.15, 0.2) is 24.3 Å². The number of carbonyl (C=O) groups excluding carboxylic acids is 1. The van der Waals surface area contributed by atoms with Gasteiger partial charge in [-0.05, 0) is 55.8 Å². The maximum atomic E-state index is 11.2. The second-order valence-corrected chi connectivity index (χ2v) is 5.44. The maximum absolute atomic E-state index is 11.2. The molecule has 1 aliphatic heterocycles. The lowest BCUT2D eigenvalue weighted by Gasteiger charge is -2.15. The van der Waals surface area contributed by atoms with Gasteiger partial charge in [0.25, 0.3) is 0 Å². The van der Waals surface area contributed by atoms with Crippen molar-refractivity contribution in [2.24, 2.45) is 0 Å². The molecule has 108 valence electrons. The van der Waals surface area contributed by atoms with Crippen molar-refractivity contribution in [1.29, 1.82) is 0 Å². The first kappa shape index (κ1) is 14.9. The maximum Gasteiger partial charge on any atom is 0.225 e. The molecule has 1 aromatic carbocycles. The number of benzene rings is 1. The smallest absolute Gasteiger partial charge is 0.225 e. The van der Waals surface area contributed by atoms with Gasteiger partial charge in [-0.3, -0.25) is 9.69 Å². The highest BCUT2D eigenvalue weighted by Gasteiger charge is 2.11. The number of hydrogen-bond donors (Lipinski definition) is 2. The van der Waals surface area contributed by atoms with Gasteiger partial charge in [0.2, 0.25) is 5.91 Å². The van der Waals surface area contributed by atoms with Crippen molar-refractivity contribution in [2.45, 2.75) is 32.7 Å². The summed E-state index contributed by atoms with van der Waals surface area (Å²) in [5.74, 6) is -0.0758. The molecule has 0 radical (unpaired) electrons. The first-order valence-electron chi connectivity index (χ1n) is 7.09. The monoisotopic (exact) mass is 291 g/mol.